The van der Waals surface area contributed by atoms with Gasteiger partial charge in [-0.15, -0.1) is 11.8 Å². The zero-order chi connectivity index (χ0) is 23.2. The second kappa shape index (κ2) is 11.5. The van der Waals surface area contributed by atoms with E-state index in [1.807, 2.05) is 26.0 Å². The lowest BCUT2D eigenvalue weighted by atomic mass is 9.86. The highest BCUT2D eigenvalue weighted by molar-refractivity contribution is 8.05. The number of benzene rings is 2. The normalized spacial score (nSPS) is 20.6. The predicted molar refractivity (Wildman–Crippen MR) is 136 cm³/mol. The maximum Gasteiger partial charge on any atom is 0.369 e. The van der Waals surface area contributed by atoms with Gasteiger partial charge in [-0.3, -0.25) is 4.57 Å². The van der Waals surface area contributed by atoms with Crippen LogP contribution in [-0.4, -0.2) is 45.4 Å². The standard InChI is InChI=1S/C24H35O5PSSi/c1-6-26-30(25,27-7-2)23-28-21(18-31-23)22(24(3,4)5)29-32(19-14-10-8-11-15-19)20-16-12-9-13-17-20/h8-17,21-23,32H,6-7,18H2,1-5H3/t21-,22?,23-/m0/s1. The van der Waals surface area contributed by atoms with E-state index in [4.69, 9.17) is 18.2 Å². The molecule has 0 aromatic heterocycles. The third-order valence-corrected chi connectivity index (χ3v) is 11.8. The van der Waals surface area contributed by atoms with Crippen molar-refractivity contribution in [1.82, 2.24) is 0 Å². The van der Waals surface area contributed by atoms with Crippen LogP contribution in [0.5, 0.6) is 0 Å². The minimum absolute atomic E-state index is 0.170. The summed E-state index contributed by atoms with van der Waals surface area (Å²) in [6.45, 7) is 10.8. The lowest BCUT2D eigenvalue weighted by molar-refractivity contribution is -0.0470. The summed E-state index contributed by atoms with van der Waals surface area (Å²) in [7, 11) is -5.32. The Kier molecular flexibility index (Phi) is 9.21. The van der Waals surface area contributed by atoms with E-state index < -0.39 is 21.8 Å². The Balaban J connectivity index is 1.87. The molecular formula is C24H35O5PSSi. The number of hydrogen-bond donors (Lipinski definition) is 0. The number of hydrogen-bond acceptors (Lipinski definition) is 6. The molecule has 8 heteroatoms. The Morgan fingerprint density at radius 2 is 1.50 bits per heavy atom. The quantitative estimate of drug-likeness (QED) is 0.354. The van der Waals surface area contributed by atoms with Gasteiger partial charge in [0.05, 0.1) is 25.4 Å². The zero-order valence-electron chi connectivity index (χ0n) is 19.6. The van der Waals surface area contributed by atoms with Gasteiger partial charge in [-0.2, -0.15) is 0 Å². The van der Waals surface area contributed by atoms with Crippen molar-refractivity contribution in [2.75, 3.05) is 19.0 Å². The van der Waals surface area contributed by atoms with Gasteiger partial charge in [0.25, 0.3) is 0 Å². The van der Waals surface area contributed by atoms with E-state index in [-0.39, 0.29) is 17.6 Å². The van der Waals surface area contributed by atoms with Gasteiger partial charge >= 0.3 is 7.60 Å². The van der Waals surface area contributed by atoms with Gasteiger partial charge in [-0.1, -0.05) is 81.4 Å². The molecule has 0 spiro atoms. The maximum absolute atomic E-state index is 13.3. The molecule has 0 saturated carbocycles. The molecule has 2 aromatic rings. The van der Waals surface area contributed by atoms with Gasteiger partial charge in [0, 0.05) is 5.75 Å². The number of ether oxygens (including phenoxy) is 1. The average molecular weight is 495 g/mol. The fourth-order valence-corrected chi connectivity index (χ4v) is 10.1. The fraction of sp³-hybridized carbons (Fsp3) is 0.500. The highest BCUT2D eigenvalue weighted by atomic mass is 32.2. The third-order valence-electron chi connectivity index (χ3n) is 5.25. The Morgan fingerprint density at radius 1 is 1.00 bits per heavy atom. The molecule has 1 fully saturated rings. The molecule has 1 heterocycles. The van der Waals surface area contributed by atoms with E-state index in [9.17, 15) is 4.57 Å². The van der Waals surface area contributed by atoms with E-state index in [0.29, 0.717) is 19.0 Å². The second-order valence-corrected chi connectivity index (χ2v) is 14.7. The first-order valence-corrected chi connectivity index (χ1v) is 15.5. The van der Waals surface area contributed by atoms with Gasteiger partial charge in [0.15, 0.2) is 0 Å². The lowest BCUT2D eigenvalue weighted by Gasteiger charge is -2.38. The fourth-order valence-electron chi connectivity index (χ4n) is 3.85. The Hall–Kier alpha value is -0.923. The molecule has 0 N–H and O–H groups in total. The number of rotatable bonds is 10. The Morgan fingerprint density at radius 3 is 1.94 bits per heavy atom. The van der Waals surface area contributed by atoms with E-state index >= 15 is 0 Å². The molecular weight excluding hydrogens is 459 g/mol. The van der Waals surface area contributed by atoms with Crippen molar-refractivity contribution in [3.05, 3.63) is 60.7 Å². The lowest BCUT2D eigenvalue weighted by Crippen LogP contribution is -2.53. The molecule has 32 heavy (non-hydrogen) atoms. The van der Waals surface area contributed by atoms with Crippen molar-refractivity contribution >= 4 is 38.8 Å². The predicted octanol–water partition coefficient (Wildman–Crippen LogP) is 4.64. The van der Waals surface area contributed by atoms with Crippen LogP contribution in [0.3, 0.4) is 0 Å². The van der Waals surface area contributed by atoms with Gasteiger partial charge < -0.3 is 18.2 Å². The average Bonchev–Trinajstić information content (AvgIpc) is 3.25. The summed E-state index contributed by atoms with van der Waals surface area (Å²) in [5.41, 5.74) is -0.170. The van der Waals surface area contributed by atoms with Crippen molar-refractivity contribution in [2.45, 2.75) is 52.0 Å². The molecule has 5 nitrogen and oxygen atoms in total. The Bertz CT molecular complexity index is 827. The summed E-state index contributed by atoms with van der Waals surface area (Å²) in [5.74, 6) is 0.682. The molecule has 0 bridgehead atoms. The van der Waals surface area contributed by atoms with Crippen LogP contribution in [0.25, 0.3) is 0 Å². The van der Waals surface area contributed by atoms with Crippen LogP contribution in [0.2, 0.25) is 0 Å². The molecule has 0 aliphatic carbocycles. The molecule has 3 atom stereocenters. The van der Waals surface area contributed by atoms with E-state index in [1.54, 1.807) is 0 Å². The van der Waals surface area contributed by atoms with Crippen LogP contribution >= 0.6 is 19.4 Å². The highest BCUT2D eigenvalue weighted by Gasteiger charge is 2.48. The smallest absolute Gasteiger partial charge is 0.369 e. The highest BCUT2D eigenvalue weighted by Crippen LogP contribution is 2.60. The van der Waals surface area contributed by atoms with Crippen molar-refractivity contribution < 1.29 is 22.8 Å². The first-order chi connectivity index (χ1) is 15.3. The SMILES string of the molecule is CCOP(=O)(OCC)[C@@H]1O[C@H](C(O[SiH](c2ccccc2)c2ccccc2)C(C)(C)C)CS1. The molecule has 3 rings (SSSR count). The molecule has 1 aliphatic rings. The van der Waals surface area contributed by atoms with Crippen molar-refractivity contribution in [2.24, 2.45) is 5.41 Å². The molecule has 1 aliphatic heterocycles. The molecule has 176 valence electrons. The van der Waals surface area contributed by atoms with Crippen LogP contribution in [0.1, 0.15) is 34.6 Å². The molecule has 2 aromatic carbocycles. The van der Waals surface area contributed by atoms with Gasteiger partial charge in [0.1, 0.15) is 0 Å². The summed E-state index contributed by atoms with van der Waals surface area (Å²) >= 11 is 1.50. The third kappa shape index (κ3) is 6.35. The van der Waals surface area contributed by atoms with E-state index in [2.05, 4.69) is 69.3 Å². The first-order valence-electron chi connectivity index (χ1n) is 11.2. The molecule has 0 radical (unpaired) electrons. The molecule has 0 amide bonds. The summed E-state index contributed by atoms with van der Waals surface area (Å²) in [6, 6.07) is 20.9. The number of thioether (sulfide) groups is 1. The van der Waals surface area contributed by atoms with Crippen LogP contribution in [0.15, 0.2) is 60.7 Å². The van der Waals surface area contributed by atoms with Crippen LogP contribution in [0.4, 0.5) is 0 Å². The maximum atomic E-state index is 13.3. The summed E-state index contributed by atoms with van der Waals surface area (Å²) in [5, 5.41) is 1.82. The zero-order valence-corrected chi connectivity index (χ0v) is 22.5. The van der Waals surface area contributed by atoms with E-state index in [1.165, 1.54) is 22.1 Å². The topological polar surface area (TPSA) is 54.0 Å². The first kappa shape index (κ1) is 25.7. The second-order valence-electron chi connectivity index (χ2n) is 8.81. The van der Waals surface area contributed by atoms with Crippen molar-refractivity contribution in [3.8, 4) is 0 Å². The molecule has 1 saturated heterocycles. The summed E-state index contributed by atoms with van der Waals surface area (Å²) in [4.78, 5) is 0. The Labute approximate surface area is 198 Å². The summed E-state index contributed by atoms with van der Waals surface area (Å²) < 4.78 is 37.7. The summed E-state index contributed by atoms with van der Waals surface area (Å²) in [6.07, 6.45) is -0.379. The van der Waals surface area contributed by atoms with Crippen LogP contribution in [-0.2, 0) is 22.8 Å². The van der Waals surface area contributed by atoms with Crippen LogP contribution < -0.4 is 10.4 Å². The van der Waals surface area contributed by atoms with Crippen molar-refractivity contribution in [3.63, 3.8) is 0 Å². The minimum atomic E-state index is -3.35. The molecule has 1 unspecified atom stereocenters. The van der Waals surface area contributed by atoms with Crippen LogP contribution in [0, 0.1) is 5.41 Å². The minimum Gasteiger partial charge on any atom is -0.405 e. The monoisotopic (exact) mass is 494 g/mol. The largest absolute Gasteiger partial charge is 0.405 e. The van der Waals surface area contributed by atoms with E-state index in [0.717, 1.165) is 0 Å². The van der Waals surface area contributed by atoms with Crippen molar-refractivity contribution in [1.29, 1.82) is 0 Å². The van der Waals surface area contributed by atoms with Gasteiger partial charge in [-0.25, -0.2) is 0 Å². The van der Waals surface area contributed by atoms with Gasteiger partial charge in [-0.05, 0) is 29.6 Å². The van der Waals surface area contributed by atoms with Gasteiger partial charge in [0.2, 0.25) is 14.2 Å².